The summed E-state index contributed by atoms with van der Waals surface area (Å²) < 4.78 is 2.14. The first kappa shape index (κ1) is 22.0. The molecule has 168 valence electrons. The molecule has 6 nitrogen and oxygen atoms in total. The van der Waals surface area contributed by atoms with Gasteiger partial charge >= 0.3 is 0 Å². The van der Waals surface area contributed by atoms with Crippen molar-refractivity contribution in [2.75, 3.05) is 45.8 Å². The van der Waals surface area contributed by atoms with Crippen LogP contribution in [0.15, 0.2) is 24.3 Å². The number of hydrogen-bond donors (Lipinski definition) is 0. The zero-order chi connectivity index (χ0) is 21.8. The third-order valence-electron chi connectivity index (χ3n) is 6.90. The Kier molecular flexibility index (Phi) is 7.08. The van der Waals surface area contributed by atoms with Crippen LogP contribution in [0.3, 0.4) is 0 Å². The lowest BCUT2D eigenvalue weighted by Gasteiger charge is -2.36. The van der Waals surface area contributed by atoms with Crippen LogP contribution < -0.4 is 0 Å². The van der Waals surface area contributed by atoms with Crippen molar-refractivity contribution in [3.63, 3.8) is 0 Å². The van der Waals surface area contributed by atoms with Gasteiger partial charge in [0.25, 0.3) is 0 Å². The quantitative estimate of drug-likeness (QED) is 0.717. The van der Waals surface area contributed by atoms with E-state index >= 15 is 0 Å². The van der Waals surface area contributed by atoms with Gasteiger partial charge in [-0.25, -0.2) is 0 Å². The molecular formula is C25H37N5O. The van der Waals surface area contributed by atoms with Crippen molar-refractivity contribution in [3.05, 3.63) is 52.3 Å². The molecule has 0 unspecified atom stereocenters. The second-order valence-electron chi connectivity index (χ2n) is 9.29. The molecule has 2 aliphatic heterocycles. The van der Waals surface area contributed by atoms with Crippen molar-refractivity contribution in [3.8, 4) is 0 Å². The first-order chi connectivity index (χ1) is 15.0. The molecule has 1 amide bonds. The Bertz CT molecular complexity index is 874. The van der Waals surface area contributed by atoms with Crippen LogP contribution in [0, 0.1) is 20.8 Å². The van der Waals surface area contributed by atoms with Gasteiger partial charge in [-0.05, 0) is 45.6 Å². The molecule has 2 saturated heterocycles. The topological polar surface area (TPSA) is 44.6 Å². The smallest absolute Gasteiger partial charge is 0.236 e. The third kappa shape index (κ3) is 5.55. The molecule has 0 N–H and O–H groups in total. The second-order valence-corrected chi connectivity index (χ2v) is 9.29. The highest BCUT2D eigenvalue weighted by atomic mass is 16.2. The molecule has 0 bridgehead atoms. The van der Waals surface area contributed by atoms with E-state index in [0.29, 0.717) is 12.5 Å². The summed E-state index contributed by atoms with van der Waals surface area (Å²) in [5.74, 6) is 0.317. The number of aromatic nitrogens is 2. The summed E-state index contributed by atoms with van der Waals surface area (Å²) in [6, 6.07) is 8.71. The van der Waals surface area contributed by atoms with E-state index in [9.17, 15) is 4.79 Å². The van der Waals surface area contributed by atoms with Crippen LogP contribution in [0.25, 0.3) is 0 Å². The Balaban J connectivity index is 1.29. The fraction of sp³-hybridized carbons (Fsp3) is 0.600. The van der Waals surface area contributed by atoms with E-state index in [2.05, 4.69) is 64.4 Å². The van der Waals surface area contributed by atoms with E-state index in [1.165, 1.54) is 28.8 Å². The molecule has 1 aromatic heterocycles. The monoisotopic (exact) mass is 423 g/mol. The lowest BCUT2D eigenvalue weighted by molar-refractivity contribution is -0.133. The van der Waals surface area contributed by atoms with Crippen molar-refractivity contribution in [1.29, 1.82) is 0 Å². The molecule has 0 spiro atoms. The number of likely N-dealkylation sites (tertiary alicyclic amines) is 1. The summed E-state index contributed by atoms with van der Waals surface area (Å²) in [7, 11) is 0. The molecule has 0 radical (unpaired) electrons. The second kappa shape index (κ2) is 9.96. The van der Waals surface area contributed by atoms with E-state index in [0.717, 1.165) is 70.9 Å². The molecule has 0 saturated carbocycles. The average Bonchev–Trinajstić information content (AvgIpc) is 3.04. The first-order valence-corrected chi connectivity index (χ1v) is 11.8. The van der Waals surface area contributed by atoms with Gasteiger partial charge in [-0.15, -0.1) is 0 Å². The Labute approximate surface area is 186 Å². The predicted molar refractivity (Wildman–Crippen MR) is 124 cm³/mol. The van der Waals surface area contributed by atoms with Crippen LogP contribution in [-0.4, -0.2) is 76.2 Å². The lowest BCUT2D eigenvalue weighted by Crippen LogP contribution is -2.50. The van der Waals surface area contributed by atoms with Crippen molar-refractivity contribution in [2.24, 2.45) is 0 Å². The van der Waals surface area contributed by atoms with Gasteiger partial charge in [0, 0.05) is 57.1 Å². The van der Waals surface area contributed by atoms with Crippen LogP contribution >= 0.6 is 0 Å². The van der Waals surface area contributed by atoms with Gasteiger partial charge in [-0.2, -0.15) is 5.10 Å². The maximum Gasteiger partial charge on any atom is 0.236 e. The van der Waals surface area contributed by atoms with Crippen LogP contribution in [0.1, 0.15) is 47.3 Å². The molecule has 2 aromatic rings. The molecule has 0 atom stereocenters. The highest BCUT2D eigenvalue weighted by Crippen LogP contribution is 2.19. The van der Waals surface area contributed by atoms with Crippen LogP contribution in [0.2, 0.25) is 0 Å². The van der Waals surface area contributed by atoms with Gasteiger partial charge in [-0.3, -0.25) is 19.3 Å². The minimum Gasteiger partial charge on any atom is -0.342 e. The molecule has 3 heterocycles. The minimum atomic E-state index is 0.317. The summed E-state index contributed by atoms with van der Waals surface area (Å²) in [6.07, 6.45) is 3.59. The summed E-state index contributed by atoms with van der Waals surface area (Å²) in [5.41, 5.74) is 6.32. The predicted octanol–water partition coefficient (Wildman–Crippen LogP) is 2.99. The number of benzene rings is 1. The van der Waals surface area contributed by atoms with Gasteiger partial charge < -0.3 is 4.90 Å². The minimum absolute atomic E-state index is 0.317. The fourth-order valence-corrected chi connectivity index (χ4v) is 4.75. The summed E-state index contributed by atoms with van der Waals surface area (Å²) >= 11 is 0. The van der Waals surface area contributed by atoms with E-state index in [-0.39, 0.29) is 0 Å². The Hall–Kier alpha value is -2.18. The first-order valence-electron chi connectivity index (χ1n) is 11.8. The summed E-state index contributed by atoms with van der Waals surface area (Å²) in [5, 5.41) is 4.83. The lowest BCUT2D eigenvalue weighted by atomic mass is 10.1. The molecule has 4 rings (SSSR count). The molecule has 1 aromatic carbocycles. The van der Waals surface area contributed by atoms with E-state index in [1.54, 1.807) is 0 Å². The molecule has 6 heteroatoms. The largest absolute Gasteiger partial charge is 0.342 e. The number of nitrogens with zero attached hydrogens (tertiary/aromatic N) is 5. The van der Waals surface area contributed by atoms with Crippen molar-refractivity contribution >= 4 is 5.91 Å². The van der Waals surface area contributed by atoms with Crippen molar-refractivity contribution in [1.82, 2.24) is 24.5 Å². The van der Waals surface area contributed by atoms with Crippen LogP contribution in [0.5, 0.6) is 0 Å². The number of aryl methyl sites for hydroxylation is 2. The zero-order valence-corrected chi connectivity index (χ0v) is 19.4. The van der Waals surface area contributed by atoms with E-state index < -0.39 is 0 Å². The van der Waals surface area contributed by atoms with Gasteiger partial charge in [-0.1, -0.05) is 29.8 Å². The van der Waals surface area contributed by atoms with Gasteiger partial charge in [0.2, 0.25) is 5.91 Å². The highest BCUT2D eigenvalue weighted by molar-refractivity contribution is 5.78. The molecule has 31 heavy (non-hydrogen) atoms. The fourth-order valence-electron chi connectivity index (χ4n) is 4.75. The van der Waals surface area contributed by atoms with Crippen LogP contribution in [-0.2, 0) is 17.9 Å². The van der Waals surface area contributed by atoms with Crippen molar-refractivity contribution < 1.29 is 4.79 Å². The number of carbonyl (C=O) groups is 1. The normalized spacial score (nSPS) is 18.5. The number of amides is 1. The molecule has 2 fully saturated rings. The Morgan fingerprint density at radius 1 is 0.839 bits per heavy atom. The maximum absolute atomic E-state index is 12.6. The summed E-state index contributed by atoms with van der Waals surface area (Å²) in [4.78, 5) is 19.5. The van der Waals surface area contributed by atoms with Gasteiger partial charge in [0.1, 0.15) is 0 Å². The van der Waals surface area contributed by atoms with E-state index in [1.807, 2.05) is 0 Å². The maximum atomic E-state index is 12.6. The number of hydrogen-bond acceptors (Lipinski definition) is 4. The van der Waals surface area contributed by atoms with Gasteiger partial charge in [0.15, 0.2) is 0 Å². The molecule has 2 aliphatic rings. The highest BCUT2D eigenvalue weighted by Gasteiger charge is 2.24. The number of piperidine rings is 1. The zero-order valence-electron chi connectivity index (χ0n) is 19.4. The Morgan fingerprint density at radius 2 is 1.48 bits per heavy atom. The number of carbonyl (C=O) groups excluding carboxylic acids is 1. The Morgan fingerprint density at radius 3 is 2.16 bits per heavy atom. The number of rotatable bonds is 6. The SMILES string of the molecule is Cc1ccc(Cn2nc(C)c(CN3CCN(CC(=O)N4CCCCC4)CC3)c2C)cc1. The standard InChI is InChI=1S/C25H37N5O/c1-20-7-9-23(10-8-20)17-30-22(3)24(21(2)26-30)18-27-13-15-28(16-14-27)19-25(31)29-11-5-4-6-12-29/h7-10H,4-6,11-19H2,1-3H3. The number of piperazine rings is 1. The summed E-state index contributed by atoms with van der Waals surface area (Å²) in [6.45, 7) is 14.6. The van der Waals surface area contributed by atoms with Gasteiger partial charge in [0.05, 0.1) is 18.8 Å². The molecule has 0 aliphatic carbocycles. The van der Waals surface area contributed by atoms with E-state index in [4.69, 9.17) is 5.10 Å². The molecular weight excluding hydrogens is 386 g/mol. The van der Waals surface area contributed by atoms with Crippen molar-refractivity contribution in [2.45, 2.75) is 53.1 Å². The average molecular weight is 424 g/mol. The van der Waals surface area contributed by atoms with Crippen LogP contribution in [0.4, 0.5) is 0 Å². The third-order valence-corrected chi connectivity index (χ3v) is 6.90.